The predicted octanol–water partition coefficient (Wildman–Crippen LogP) is 6.04. The lowest BCUT2D eigenvalue weighted by atomic mass is 10.0. The van der Waals surface area contributed by atoms with E-state index in [1.54, 1.807) is 17.3 Å². The van der Waals surface area contributed by atoms with Crippen LogP contribution in [0.1, 0.15) is 42.0 Å². The minimum Gasteiger partial charge on any atom is -0.484 e. The molecule has 0 spiro atoms. The molecule has 2 heterocycles. The van der Waals surface area contributed by atoms with Crippen molar-refractivity contribution in [1.29, 1.82) is 0 Å². The van der Waals surface area contributed by atoms with Gasteiger partial charge in [0.15, 0.2) is 11.7 Å². The van der Waals surface area contributed by atoms with Crippen LogP contribution in [0.2, 0.25) is 0 Å². The number of pyridine rings is 1. The second-order valence-corrected chi connectivity index (χ2v) is 9.26. The second kappa shape index (κ2) is 9.49. The lowest BCUT2D eigenvalue weighted by Gasteiger charge is -2.20. The van der Waals surface area contributed by atoms with Crippen molar-refractivity contribution in [1.82, 2.24) is 9.97 Å². The van der Waals surface area contributed by atoms with Crippen molar-refractivity contribution in [2.45, 2.75) is 40.2 Å². The van der Waals surface area contributed by atoms with E-state index in [9.17, 15) is 4.79 Å². The molecule has 0 aliphatic heterocycles. The van der Waals surface area contributed by atoms with Gasteiger partial charge in [-0.1, -0.05) is 43.4 Å². The highest BCUT2D eigenvalue weighted by molar-refractivity contribution is 7.22. The molecule has 32 heavy (non-hydrogen) atoms. The molecule has 0 fully saturated rings. The Kier molecular flexibility index (Phi) is 6.51. The fraction of sp³-hybridized carbons (Fsp3) is 0.269. The van der Waals surface area contributed by atoms with E-state index < -0.39 is 0 Å². The first kappa shape index (κ1) is 22.0. The van der Waals surface area contributed by atoms with Crippen molar-refractivity contribution in [2.24, 2.45) is 0 Å². The van der Waals surface area contributed by atoms with E-state index in [1.165, 1.54) is 28.0 Å². The first-order valence-corrected chi connectivity index (χ1v) is 11.5. The Morgan fingerprint density at radius 2 is 1.84 bits per heavy atom. The standard InChI is InChI=1S/C26H27N3O2S/c1-17(2)21-7-9-22(10-8-21)31-16-25(30)29(15-20-6-5-11-27-14-20)26-28-23-12-18(3)19(4)13-24(23)32-26/h5-14,17H,15-16H2,1-4H3. The number of thiazole rings is 1. The summed E-state index contributed by atoms with van der Waals surface area (Å²) in [5.74, 6) is 0.987. The van der Waals surface area contributed by atoms with Crippen molar-refractivity contribution < 1.29 is 9.53 Å². The van der Waals surface area contributed by atoms with Gasteiger partial charge >= 0.3 is 0 Å². The average Bonchev–Trinajstić information content (AvgIpc) is 3.19. The van der Waals surface area contributed by atoms with Gasteiger partial charge < -0.3 is 4.74 Å². The van der Waals surface area contributed by atoms with Crippen LogP contribution in [-0.2, 0) is 11.3 Å². The first-order valence-electron chi connectivity index (χ1n) is 10.7. The summed E-state index contributed by atoms with van der Waals surface area (Å²) in [5, 5.41) is 0.664. The number of aryl methyl sites for hydroxylation is 2. The van der Waals surface area contributed by atoms with Gasteiger partial charge in [0.1, 0.15) is 5.75 Å². The van der Waals surface area contributed by atoms with Gasteiger partial charge in [-0.25, -0.2) is 4.98 Å². The molecular weight excluding hydrogens is 418 g/mol. The van der Waals surface area contributed by atoms with Crippen LogP contribution in [0.25, 0.3) is 10.2 Å². The van der Waals surface area contributed by atoms with E-state index in [0.717, 1.165) is 15.8 Å². The molecule has 0 atom stereocenters. The lowest BCUT2D eigenvalue weighted by molar-refractivity contribution is -0.120. The number of amides is 1. The molecule has 0 aliphatic carbocycles. The predicted molar refractivity (Wildman–Crippen MR) is 131 cm³/mol. The molecule has 0 N–H and O–H groups in total. The molecule has 1 amide bonds. The molecule has 0 saturated carbocycles. The zero-order valence-corrected chi connectivity index (χ0v) is 19.6. The van der Waals surface area contributed by atoms with E-state index in [-0.39, 0.29) is 12.5 Å². The van der Waals surface area contributed by atoms with Crippen LogP contribution in [-0.4, -0.2) is 22.5 Å². The number of carbonyl (C=O) groups is 1. The number of benzene rings is 2. The second-order valence-electron chi connectivity index (χ2n) is 8.25. The van der Waals surface area contributed by atoms with Crippen LogP contribution in [0.3, 0.4) is 0 Å². The number of hydrogen-bond acceptors (Lipinski definition) is 5. The largest absolute Gasteiger partial charge is 0.484 e. The summed E-state index contributed by atoms with van der Waals surface area (Å²) in [7, 11) is 0. The normalized spacial score (nSPS) is 11.2. The maximum Gasteiger partial charge on any atom is 0.267 e. The Morgan fingerprint density at radius 1 is 1.09 bits per heavy atom. The van der Waals surface area contributed by atoms with Crippen molar-refractivity contribution >= 4 is 32.6 Å². The summed E-state index contributed by atoms with van der Waals surface area (Å²) >= 11 is 1.52. The van der Waals surface area contributed by atoms with Crippen LogP contribution in [0.4, 0.5) is 5.13 Å². The molecule has 164 valence electrons. The zero-order valence-electron chi connectivity index (χ0n) is 18.8. The number of anilines is 1. The maximum absolute atomic E-state index is 13.3. The summed E-state index contributed by atoms with van der Waals surface area (Å²) in [6.07, 6.45) is 3.50. The average molecular weight is 446 g/mol. The van der Waals surface area contributed by atoms with Gasteiger partial charge in [-0.05, 0) is 72.4 Å². The van der Waals surface area contributed by atoms with E-state index in [1.807, 2.05) is 36.4 Å². The number of fused-ring (bicyclic) bond motifs is 1. The van der Waals surface area contributed by atoms with Gasteiger partial charge in [-0.2, -0.15) is 0 Å². The van der Waals surface area contributed by atoms with Gasteiger partial charge in [-0.3, -0.25) is 14.7 Å². The van der Waals surface area contributed by atoms with Gasteiger partial charge in [0.25, 0.3) is 5.91 Å². The molecule has 2 aromatic carbocycles. The van der Waals surface area contributed by atoms with Crippen molar-refractivity contribution in [2.75, 3.05) is 11.5 Å². The molecule has 0 bridgehead atoms. The number of rotatable bonds is 7. The van der Waals surface area contributed by atoms with Gasteiger partial charge in [0.05, 0.1) is 16.8 Å². The number of ether oxygens (including phenoxy) is 1. The lowest BCUT2D eigenvalue weighted by Crippen LogP contribution is -2.34. The van der Waals surface area contributed by atoms with Crippen molar-refractivity contribution in [3.05, 3.63) is 83.2 Å². The third-order valence-corrected chi connectivity index (χ3v) is 6.54. The number of hydrogen-bond donors (Lipinski definition) is 0. The zero-order chi connectivity index (χ0) is 22.7. The third-order valence-electron chi connectivity index (χ3n) is 5.50. The van der Waals surface area contributed by atoms with Crippen LogP contribution in [0.15, 0.2) is 60.9 Å². The Morgan fingerprint density at radius 3 is 2.53 bits per heavy atom. The third kappa shape index (κ3) is 4.97. The molecule has 6 heteroatoms. The fourth-order valence-corrected chi connectivity index (χ4v) is 4.45. The van der Waals surface area contributed by atoms with Gasteiger partial charge in [0, 0.05) is 12.4 Å². The number of nitrogens with zero attached hydrogens (tertiary/aromatic N) is 3. The molecule has 4 aromatic rings. The molecule has 5 nitrogen and oxygen atoms in total. The number of aromatic nitrogens is 2. The molecule has 4 rings (SSSR count). The molecule has 0 unspecified atom stereocenters. The number of carbonyl (C=O) groups excluding carboxylic acids is 1. The topological polar surface area (TPSA) is 55.3 Å². The molecule has 2 aromatic heterocycles. The smallest absolute Gasteiger partial charge is 0.267 e. The van der Waals surface area contributed by atoms with Crippen molar-refractivity contribution in [3.8, 4) is 5.75 Å². The summed E-state index contributed by atoms with van der Waals surface area (Å²) in [4.78, 5) is 23.9. The van der Waals surface area contributed by atoms with E-state index in [0.29, 0.717) is 23.3 Å². The summed E-state index contributed by atoms with van der Waals surface area (Å²) in [5.41, 5.74) is 5.48. The highest BCUT2D eigenvalue weighted by atomic mass is 32.1. The summed E-state index contributed by atoms with van der Waals surface area (Å²) < 4.78 is 6.89. The summed E-state index contributed by atoms with van der Waals surface area (Å²) in [6.45, 7) is 8.79. The van der Waals surface area contributed by atoms with Gasteiger partial charge in [-0.15, -0.1) is 0 Å². The highest BCUT2D eigenvalue weighted by Crippen LogP contribution is 2.32. The quantitative estimate of drug-likeness (QED) is 0.348. The Bertz CT molecular complexity index is 1180. The van der Waals surface area contributed by atoms with E-state index in [4.69, 9.17) is 9.72 Å². The monoisotopic (exact) mass is 445 g/mol. The van der Waals surface area contributed by atoms with Crippen LogP contribution in [0.5, 0.6) is 5.75 Å². The van der Waals surface area contributed by atoms with E-state index in [2.05, 4.69) is 44.8 Å². The minimum atomic E-state index is -0.144. The molecule has 0 saturated heterocycles. The highest BCUT2D eigenvalue weighted by Gasteiger charge is 2.21. The Balaban J connectivity index is 1.58. The van der Waals surface area contributed by atoms with Crippen LogP contribution < -0.4 is 9.64 Å². The van der Waals surface area contributed by atoms with E-state index >= 15 is 0 Å². The first-order chi connectivity index (χ1) is 15.4. The minimum absolute atomic E-state index is 0.0602. The molecule has 0 radical (unpaired) electrons. The van der Waals surface area contributed by atoms with Gasteiger partial charge in [0.2, 0.25) is 0 Å². The summed E-state index contributed by atoms with van der Waals surface area (Å²) in [6, 6.07) is 15.9. The SMILES string of the molecule is Cc1cc2nc(N(Cc3cccnc3)C(=O)COc3ccc(C(C)C)cc3)sc2cc1C. The fourth-order valence-electron chi connectivity index (χ4n) is 3.39. The van der Waals surface area contributed by atoms with Crippen LogP contribution in [0, 0.1) is 13.8 Å². The van der Waals surface area contributed by atoms with Crippen LogP contribution >= 0.6 is 11.3 Å². The Labute approximate surface area is 192 Å². The Hall–Kier alpha value is -3.25. The molecular formula is C26H27N3O2S. The molecule has 0 aliphatic rings. The maximum atomic E-state index is 13.3. The van der Waals surface area contributed by atoms with Crippen molar-refractivity contribution in [3.63, 3.8) is 0 Å².